The molecule has 1 atom stereocenters. The number of hydrogen-bond acceptors (Lipinski definition) is 1. The van der Waals surface area contributed by atoms with Gasteiger partial charge in [0.2, 0.25) is 0 Å². The summed E-state index contributed by atoms with van der Waals surface area (Å²) in [5.74, 6) is -0.946. The third-order valence-corrected chi connectivity index (χ3v) is 1.21. The maximum Gasteiger partial charge on any atom is 0.117 e. The van der Waals surface area contributed by atoms with E-state index in [9.17, 15) is 4.39 Å². The zero-order chi connectivity index (χ0) is 6.69. The van der Waals surface area contributed by atoms with Crippen molar-refractivity contribution < 1.29 is 4.39 Å². The third kappa shape index (κ3) is 1.17. The Balaban J connectivity index is 2.73. The van der Waals surface area contributed by atoms with Gasteiger partial charge in [0.05, 0.1) is 6.07 Å². The Hall–Kier alpha value is -1.10. The summed E-state index contributed by atoms with van der Waals surface area (Å²) in [5.41, 5.74) is 0. The van der Waals surface area contributed by atoms with Gasteiger partial charge >= 0.3 is 0 Å². The molecule has 1 rings (SSSR count). The number of hydrogen-bond donors (Lipinski definition) is 0. The summed E-state index contributed by atoms with van der Waals surface area (Å²) in [6.07, 6.45) is 5.41. The number of rotatable bonds is 0. The van der Waals surface area contributed by atoms with Crippen molar-refractivity contribution in [3.63, 3.8) is 0 Å². The van der Waals surface area contributed by atoms with E-state index in [-0.39, 0.29) is 5.83 Å². The molecule has 1 unspecified atom stereocenters. The van der Waals surface area contributed by atoms with Gasteiger partial charge in [-0.15, -0.1) is 0 Å². The largest absolute Gasteiger partial charge is 0.210 e. The first-order valence-electron chi connectivity index (χ1n) is 2.76. The minimum absolute atomic E-state index is 0.319. The summed E-state index contributed by atoms with van der Waals surface area (Å²) in [5, 5.41) is 8.28. The fourth-order valence-corrected chi connectivity index (χ4v) is 0.719. The van der Waals surface area contributed by atoms with Crippen LogP contribution in [0.1, 0.15) is 6.42 Å². The first-order chi connectivity index (χ1) is 4.34. The van der Waals surface area contributed by atoms with Gasteiger partial charge in [-0.25, -0.2) is 4.39 Å². The van der Waals surface area contributed by atoms with E-state index in [0.29, 0.717) is 6.42 Å². The van der Waals surface area contributed by atoms with Crippen LogP contribution in [-0.4, -0.2) is 0 Å². The van der Waals surface area contributed by atoms with Crippen LogP contribution in [0.3, 0.4) is 0 Å². The summed E-state index contributed by atoms with van der Waals surface area (Å²) in [6.45, 7) is 0. The van der Waals surface area contributed by atoms with Crippen molar-refractivity contribution in [3.05, 3.63) is 24.1 Å². The zero-order valence-electron chi connectivity index (χ0n) is 4.84. The molecule has 0 radical (unpaired) electrons. The van der Waals surface area contributed by atoms with E-state index in [4.69, 9.17) is 5.26 Å². The molecule has 0 aliphatic heterocycles. The number of halogens is 1. The van der Waals surface area contributed by atoms with E-state index >= 15 is 0 Å². The molecule has 0 spiro atoms. The summed E-state index contributed by atoms with van der Waals surface area (Å²) in [7, 11) is 0. The van der Waals surface area contributed by atoms with Crippen molar-refractivity contribution in [2.24, 2.45) is 5.92 Å². The Kier molecular flexibility index (Phi) is 1.64. The molecule has 0 saturated carbocycles. The lowest BCUT2D eigenvalue weighted by Gasteiger charge is -2.02. The van der Waals surface area contributed by atoms with Crippen LogP contribution in [-0.2, 0) is 0 Å². The van der Waals surface area contributed by atoms with Crippen molar-refractivity contribution in [2.75, 3.05) is 0 Å². The highest BCUT2D eigenvalue weighted by molar-refractivity contribution is 5.21. The molecule has 46 valence electrons. The lowest BCUT2D eigenvalue weighted by Crippen LogP contribution is -1.95. The predicted octanol–water partition coefficient (Wildman–Crippen LogP) is 1.94. The van der Waals surface area contributed by atoms with Crippen LogP contribution < -0.4 is 0 Å². The average molecular weight is 123 g/mol. The van der Waals surface area contributed by atoms with Gasteiger partial charge in [-0.2, -0.15) is 5.26 Å². The van der Waals surface area contributed by atoms with Gasteiger partial charge in [0, 0.05) is 0 Å². The highest BCUT2D eigenvalue weighted by Gasteiger charge is 2.10. The van der Waals surface area contributed by atoms with Crippen molar-refractivity contribution in [3.8, 4) is 6.07 Å². The van der Waals surface area contributed by atoms with E-state index in [2.05, 4.69) is 0 Å². The summed E-state index contributed by atoms with van der Waals surface area (Å²) in [6, 6.07) is 1.82. The Morgan fingerprint density at radius 2 is 2.56 bits per heavy atom. The fraction of sp³-hybridized carbons (Fsp3) is 0.286. The van der Waals surface area contributed by atoms with Crippen LogP contribution in [0.25, 0.3) is 0 Å². The van der Waals surface area contributed by atoms with Crippen LogP contribution >= 0.6 is 0 Å². The Morgan fingerprint density at radius 1 is 1.78 bits per heavy atom. The van der Waals surface area contributed by atoms with Gasteiger partial charge in [0.15, 0.2) is 0 Å². The van der Waals surface area contributed by atoms with Crippen LogP contribution in [0.15, 0.2) is 24.1 Å². The van der Waals surface area contributed by atoms with Crippen molar-refractivity contribution >= 4 is 0 Å². The second-order valence-electron chi connectivity index (χ2n) is 1.86. The van der Waals surface area contributed by atoms with Gasteiger partial charge in [0.1, 0.15) is 11.7 Å². The van der Waals surface area contributed by atoms with Crippen molar-refractivity contribution in [1.29, 1.82) is 5.26 Å². The molecule has 0 N–H and O–H groups in total. The molecule has 0 fully saturated rings. The van der Waals surface area contributed by atoms with Crippen LogP contribution in [0, 0.1) is 17.2 Å². The Bertz CT molecular complexity index is 197. The molecule has 2 heteroatoms. The molecule has 1 aliphatic rings. The lowest BCUT2D eigenvalue weighted by molar-refractivity contribution is 0.567. The Morgan fingerprint density at radius 3 is 3.00 bits per heavy atom. The molecule has 1 aliphatic carbocycles. The first-order valence-corrected chi connectivity index (χ1v) is 2.76. The zero-order valence-corrected chi connectivity index (χ0v) is 4.84. The number of nitrogens with zero attached hydrogens (tertiary/aromatic N) is 1. The molecule has 0 bridgehead atoms. The SMILES string of the molecule is N#CC1C=CCC=C1F. The number of nitriles is 1. The van der Waals surface area contributed by atoms with Crippen LogP contribution in [0.5, 0.6) is 0 Å². The van der Waals surface area contributed by atoms with Gasteiger partial charge < -0.3 is 0 Å². The van der Waals surface area contributed by atoms with E-state index in [1.165, 1.54) is 6.08 Å². The van der Waals surface area contributed by atoms with Crippen LogP contribution in [0.4, 0.5) is 4.39 Å². The second-order valence-corrected chi connectivity index (χ2v) is 1.86. The standard InChI is InChI=1S/C7H6FN/c8-7-4-2-1-3-6(7)5-9/h1,3-4,6H,2H2. The highest BCUT2D eigenvalue weighted by atomic mass is 19.1. The molecule has 0 aromatic rings. The maximum absolute atomic E-state index is 12.4. The quantitative estimate of drug-likeness (QED) is 0.451. The normalized spacial score (nSPS) is 24.9. The van der Waals surface area contributed by atoms with E-state index in [1.54, 1.807) is 12.2 Å². The fourth-order valence-electron chi connectivity index (χ4n) is 0.719. The predicted molar refractivity (Wildman–Crippen MR) is 32.1 cm³/mol. The smallest absolute Gasteiger partial charge is 0.117 e. The molecule has 0 aromatic carbocycles. The molecule has 0 saturated heterocycles. The molecule has 9 heavy (non-hydrogen) atoms. The molecular formula is C7H6FN. The molecular weight excluding hydrogens is 117 g/mol. The highest BCUT2D eigenvalue weighted by Crippen LogP contribution is 2.18. The van der Waals surface area contributed by atoms with Crippen molar-refractivity contribution in [2.45, 2.75) is 6.42 Å². The van der Waals surface area contributed by atoms with Crippen molar-refractivity contribution in [1.82, 2.24) is 0 Å². The minimum atomic E-state index is -0.626. The second kappa shape index (κ2) is 2.45. The molecule has 1 nitrogen and oxygen atoms in total. The van der Waals surface area contributed by atoms with E-state index in [0.717, 1.165) is 0 Å². The molecule has 0 aromatic heterocycles. The monoisotopic (exact) mass is 123 g/mol. The Labute approximate surface area is 53.1 Å². The summed E-state index contributed by atoms with van der Waals surface area (Å²) < 4.78 is 12.4. The maximum atomic E-state index is 12.4. The average Bonchev–Trinajstić information content (AvgIpc) is 1.89. The van der Waals surface area contributed by atoms with Gasteiger partial charge in [-0.05, 0) is 12.5 Å². The summed E-state index contributed by atoms with van der Waals surface area (Å²) in [4.78, 5) is 0. The van der Waals surface area contributed by atoms with Gasteiger partial charge in [-0.1, -0.05) is 12.2 Å². The van der Waals surface area contributed by atoms with Gasteiger partial charge in [-0.3, -0.25) is 0 Å². The minimum Gasteiger partial charge on any atom is -0.210 e. The molecule has 0 amide bonds. The number of allylic oxidation sites excluding steroid dienone is 4. The first kappa shape index (κ1) is 6.03. The topological polar surface area (TPSA) is 23.8 Å². The van der Waals surface area contributed by atoms with E-state index in [1.807, 2.05) is 6.07 Å². The van der Waals surface area contributed by atoms with Gasteiger partial charge in [0.25, 0.3) is 0 Å². The summed E-state index contributed by atoms with van der Waals surface area (Å²) >= 11 is 0. The van der Waals surface area contributed by atoms with Crippen LogP contribution in [0.2, 0.25) is 0 Å². The third-order valence-electron chi connectivity index (χ3n) is 1.21. The molecule has 0 heterocycles. The lowest BCUT2D eigenvalue weighted by atomic mass is 10.0. The van der Waals surface area contributed by atoms with E-state index < -0.39 is 5.92 Å².